The number of ether oxygens (including phenoxy) is 1. The van der Waals surface area contributed by atoms with Gasteiger partial charge in [-0.05, 0) is 18.2 Å². The van der Waals surface area contributed by atoms with Crippen LogP contribution in [0.25, 0.3) is 0 Å². The molecule has 0 unspecified atom stereocenters. The number of hydrogen-bond donors (Lipinski definition) is 1. The summed E-state index contributed by atoms with van der Waals surface area (Å²) in [5.41, 5.74) is 0.622. The van der Waals surface area contributed by atoms with E-state index in [9.17, 15) is 8.42 Å². The number of halogens is 1. The minimum atomic E-state index is -3.48. The van der Waals surface area contributed by atoms with Crippen molar-refractivity contribution in [3.8, 4) is 6.07 Å². The van der Waals surface area contributed by atoms with Crippen molar-refractivity contribution in [3.63, 3.8) is 0 Å². The van der Waals surface area contributed by atoms with Gasteiger partial charge in [0, 0.05) is 7.11 Å². The summed E-state index contributed by atoms with van der Waals surface area (Å²) in [4.78, 5) is 0. The fourth-order valence-electron chi connectivity index (χ4n) is 1.08. The molecule has 7 heteroatoms. The molecule has 0 saturated carbocycles. The van der Waals surface area contributed by atoms with Crippen LogP contribution in [0.15, 0.2) is 18.2 Å². The average molecular weight is 275 g/mol. The lowest BCUT2D eigenvalue weighted by Gasteiger charge is -2.09. The van der Waals surface area contributed by atoms with Crippen LogP contribution < -0.4 is 4.72 Å². The van der Waals surface area contributed by atoms with E-state index in [0.717, 1.165) is 0 Å². The molecule has 0 saturated heterocycles. The van der Waals surface area contributed by atoms with Crippen LogP contribution in [-0.2, 0) is 14.8 Å². The smallest absolute Gasteiger partial charge is 0.235 e. The van der Waals surface area contributed by atoms with E-state index in [1.807, 2.05) is 6.07 Å². The first-order chi connectivity index (χ1) is 7.98. The van der Waals surface area contributed by atoms with E-state index < -0.39 is 10.0 Å². The normalized spacial score (nSPS) is 10.9. The number of benzene rings is 1. The fraction of sp³-hybridized carbons (Fsp3) is 0.300. The van der Waals surface area contributed by atoms with E-state index in [2.05, 4.69) is 9.46 Å². The van der Waals surface area contributed by atoms with Crippen molar-refractivity contribution in [3.05, 3.63) is 28.8 Å². The predicted molar refractivity (Wildman–Crippen MR) is 65.5 cm³/mol. The van der Waals surface area contributed by atoms with Crippen molar-refractivity contribution >= 4 is 27.3 Å². The molecule has 1 rings (SSSR count). The molecular formula is C10H11ClN2O3S. The van der Waals surface area contributed by atoms with Gasteiger partial charge in [0.15, 0.2) is 0 Å². The number of nitrogens with zero attached hydrogens (tertiary/aromatic N) is 1. The highest BCUT2D eigenvalue weighted by molar-refractivity contribution is 7.92. The molecule has 0 aromatic heterocycles. The molecule has 0 bridgehead atoms. The number of methoxy groups -OCH3 is 1. The van der Waals surface area contributed by atoms with E-state index in [1.54, 1.807) is 0 Å². The van der Waals surface area contributed by atoms with Crippen LogP contribution in [0.3, 0.4) is 0 Å². The summed E-state index contributed by atoms with van der Waals surface area (Å²) >= 11 is 5.84. The van der Waals surface area contributed by atoms with Gasteiger partial charge >= 0.3 is 0 Å². The highest BCUT2D eigenvalue weighted by atomic mass is 35.5. The summed E-state index contributed by atoms with van der Waals surface area (Å²) in [6.07, 6.45) is 0. The summed E-state index contributed by atoms with van der Waals surface area (Å²) in [6.45, 7) is 0.100. The maximum atomic E-state index is 11.6. The van der Waals surface area contributed by atoms with Crippen LogP contribution in [0, 0.1) is 11.3 Å². The Morgan fingerprint density at radius 1 is 1.53 bits per heavy atom. The van der Waals surface area contributed by atoms with Crippen LogP contribution in [-0.4, -0.2) is 27.9 Å². The van der Waals surface area contributed by atoms with Crippen LogP contribution in [0.2, 0.25) is 5.02 Å². The molecule has 0 aliphatic rings. The first-order valence-corrected chi connectivity index (χ1v) is 6.70. The highest BCUT2D eigenvalue weighted by Crippen LogP contribution is 2.23. The first kappa shape index (κ1) is 13.8. The Morgan fingerprint density at radius 3 is 2.76 bits per heavy atom. The molecule has 0 radical (unpaired) electrons. The molecule has 0 atom stereocenters. The van der Waals surface area contributed by atoms with Crippen LogP contribution in [0.1, 0.15) is 5.56 Å². The zero-order chi connectivity index (χ0) is 12.9. The summed E-state index contributed by atoms with van der Waals surface area (Å²) in [5.74, 6) is -0.153. The Labute approximate surface area is 105 Å². The molecule has 5 nitrogen and oxygen atoms in total. The summed E-state index contributed by atoms with van der Waals surface area (Å²) in [7, 11) is -2.06. The quantitative estimate of drug-likeness (QED) is 0.884. The molecule has 0 amide bonds. The maximum Gasteiger partial charge on any atom is 0.235 e. The molecule has 17 heavy (non-hydrogen) atoms. The zero-order valence-electron chi connectivity index (χ0n) is 9.10. The van der Waals surface area contributed by atoms with Gasteiger partial charge in [-0.1, -0.05) is 11.6 Å². The van der Waals surface area contributed by atoms with Gasteiger partial charge in [-0.15, -0.1) is 0 Å². The topological polar surface area (TPSA) is 79.2 Å². The molecule has 0 fully saturated rings. The van der Waals surface area contributed by atoms with Gasteiger partial charge in [-0.25, -0.2) is 8.42 Å². The molecule has 0 spiro atoms. The van der Waals surface area contributed by atoms with Gasteiger partial charge in [-0.3, -0.25) is 4.72 Å². The molecule has 0 aliphatic carbocycles. The second-order valence-electron chi connectivity index (χ2n) is 3.22. The Morgan fingerprint density at radius 2 is 2.24 bits per heavy atom. The molecule has 1 N–H and O–H groups in total. The van der Waals surface area contributed by atoms with Gasteiger partial charge < -0.3 is 4.74 Å². The predicted octanol–water partition coefficient (Wildman–Crippen LogP) is 1.60. The fourth-order valence-corrected chi connectivity index (χ4v) is 2.36. The van der Waals surface area contributed by atoms with Gasteiger partial charge in [0.25, 0.3) is 0 Å². The number of rotatable bonds is 5. The van der Waals surface area contributed by atoms with Crippen molar-refractivity contribution in [2.45, 2.75) is 0 Å². The third kappa shape index (κ3) is 4.23. The average Bonchev–Trinajstić information content (AvgIpc) is 2.29. The lowest BCUT2D eigenvalue weighted by atomic mass is 10.2. The van der Waals surface area contributed by atoms with E-state index in [4.69, 9.17) is 16.9 Å². The number of nitrogens with one attached hydrogen (secondary N) is 1. The highest BCUT2D eigenvalue weighted by Gasteiger charge is 2.12. The van der Waals surface area contributed by atoms with Gasteiger partial charge in [0.1, 0.15) is 0 Å². The molecule has 1 aromatic rings. The lowest BCUT2D eigenvalue weighted by molar-refractivity contribution is 0.217. The van der Waals surface area contributed by atoms with Crippen LogP contribution in [0.5, 0.6) is 0 Å². The molecule has 0 heterocycles. The van der Waals surface area contributed by atoms with Crippen molar-refractivity contribution in [1.29, 1.82) is 5.26 Å². The SMILES string of the molecule is COCCS(=O)(=O)Nc1ccc(C#N)cc1Cl. The Bertz CT molecular complexity index is 537. The number of nitriles is 1. The Hall–Kier alpha value is -1.29. The van der Waals surface area contributed by atoms with Crippen molar-refractivity contribution in [2.75, 3.05) is 24.2 Å². The largest absolute Gasteiger partial charge is 0.384 e. The minimum Gasteiger partial charge on any atom is -0.384 e. The molecule has 92 valence electrons. The standard InChI is InChI=1S/C10H11ClN2O3S/c1-16-4-5-17(14,15)13-10-3-2-8(7-12)6-9(10)11/h2-3,6,13H,4-5H2,1H3. The van der Waals surface area contributed by atoms with Crippen LogP contribution >= 0.6 is 11.6 Å². The zero-order valence-corrected chi connectivity index (χ0v) is 10.7. The Kier molecular flexibility index (Phi) is 4.75. The summed E-state index contributed by atoms with van der Waals surface area (Å²) in [6, 6.07) is 6.24. The van der Waals surface area contributed by atoms with Crippen molar-refractivity contribution in [1.82, 2.24) is 0 Å². The number of hydrogen-bond acceptors (Lipinski definition) is 4. The van der Waals surface area contributed by atoms with Crippen molar-refractivity contribution < 1.29 is 13.2 Å². The summed E-state index contributed by atoms with van der Waals surface area (Å²) < 4.78 is 30.1. The monoisotopic (exact) mass is 274 g/mol. The van der Waals surface area contributed by atoms with E-state index >= 15 is 0 Å². The third-order valence-electron chi connectivity index (χ3n) is 1.92. The molecule has 1 aromatic carbocycles. The second kappa shape index (κ2) is 5.87. The maximum absolute atomic E-state index is 11.6. The van der Waals surface area contributed by atoms with Crippen molar-refractivity contribution in [2.24, 2.45) is 0 Å². The van der Waals surface area contributed by atoms with E-state index in [-0.39, 0.29) is 23.1 Å². The molecular weight excluding hydrogens is 264 g/mol. The van der Waals surface area contributed by atoms with E-state index in [1.165, 1.54) is 25.3 Å². The first-order valence-electron chi connectivity index (χ1n) is 4.67. The number of sulfonamides is 1. The molecule has 0 aliphatic heterocycles. The van der Waals surface area contributed by atoms with Gasteiger partial charge in [-0.2, -0.15) is 5.26 Å². The summed E-state index contributed by atoms with van der Waals surface area (Å²) in [5, 5.41) is 8.82. The Balaban J connectivity index is 2.86. The van der Waals surface area contributed by atoms with Gasteiger partial charge in [0.05, 0.1) is 34.7 Å². The lowest BCUT2D eigenvalue weighted by Crippen LogP contribution is -2.19. The third-order valence-corrected chi connectivity index (χ3v) is 3.47. The second-order valence-corrected chi connectivity index (χ2v) is 5.47. The number of anilines is 1. The van der Waals surface area contributed by atoms with Crippen LogP contribution in [0.4, 0.5) is 5.69 Å². The minimum absolute atomic E-state index is 0.100. The van der Waals surface area contributed by atoms with E-state index in [0.29, 0.717) is 5.56 Å². The van der Waals surface area contributed by atoms with Gasteiger partial charge in [0.2, 0.25) is 10.0 Å².